The van der Waals surface area contributed by atoms with Gasteiger partial charge in [0.1, 0.15) is 0 Å². The lowest BCUT2D eigenvalue weighted by molar-refractivity contribution is -0.138. The molecular weight excluding hydrogens is 458 g/mol. The molecule has 186 valence electrons. The maximum Gasteiger partial charge on any atom is 0.307 e. The van der Waals surface area contributed by atoms with Crippen LogP contribution < -0.4 is 5.32 Å². The summed E-state index contributed by atoms with van der Waals surface area (Å²) in [5, 5.41) is 20.7. The van der Waals surface area contributed by atoms with Crippen LogP contribution in [0.1, 0.15) is 36.0 Å². The Labute approximate surface area is 209 Å². The molecule has 1 amide bonds. The Hall–Kier alpha value is -4.26. The van der Waals surface area contributed by atoms with Crippen molar-refractivity contribution in [2.45, 2.75) is 44.6 Å². The van der Waals surface area contributed by atoms with E-state index in [1.807, 2.05) is 54.6 Å². The Morgan fingerprint density at radius 3 is 1.94 bits per heavy atom. The van der Waals surface area contributed by atoms with E-state index in [1.54, 1.807) is 24.3 Å². The number of hydrogen-bond acceptors (Lipinski definition) is 4. The first kappa shape index (κ1) is 26.3. The maximum atomic E-state index is 12.9. The number of nitrogens with one attached hydrogen (secondary N) is 1. The molecule has 0 fully saturated rings. The zero-order valence-electron chi connectivity index (χ0n) is 19.9. The van der Waals surface area contributed by atoms with Crippen LogP contribution in [0, 0.1) is 0 Å². The van der Waals surface area contributed by atoms with Crippen LogP contribution in [0.3, 0.4) is 0 Å². The SMILES string of the molecule is O=C(O)CC[C@H](NC(=O)CCc1ccc(-c2ccccc2)cc1)C(=O)Cc1cccc(CC(=O)O)c1. The molecule has 3 aromatic carbocycles. The summed E-state index contributed by atoms with van der Waals surface area (Å²) in [6.45, 7) is 0. The van der Waals surface area contributed by atoms with E-state index in [1.165, 1.54) is 0 Å². The van der Waals surface area contributed by atoms with Gasteiger partial charge in [0.25, 0.3) is 0 Å². The Bertz CT molecular complexity index is 1200. The molecule has 1 atom stereocenters. The van der Waals surface area contributed by atoms with Crippen LogP contribution in [-0.2, 0) is 38.4 Å². The number of amides is 1. The molecule has 0 aliphatic carbocycles. The fourth-order valence-electron chi connectivity index (χ4n) is 3.95. The van der Waals surface area contributed by atoms with Gasteiger partial charge in [-0.25, -0.2) is 0 Å². The third kappa shape index (κ3) is 8.51. The van der Waals surface area contributed by atoms with Crippen molar-refractivity contribution in [3.05, 3.63) is 95.6 Å². The minimum Gasteiger partial charge on any atom is -0.481 e. The summed E-state index contributed by atoms with van der Waals surface area (Å²) in [4.78, 5) is 47.6. The van der Waals surface area contributed by atoms with Crippen molar-refractivity contribution in [2.24, 2.45) is 0 Å². The van der Waals surface area contributed by atoms with E-state index < -0.39 is 18.0 Å². The van der Waals surface area contributed by atoms with Gasteiger partial charge in [0, 0.05) is 19.3 Å². The number of aryl methyl sites for hydroxylation is 1. The molecular formula is C29H29NO6. The first-order chi connectivity index (χ1) is 17.3. The molecule has 0 saturated carbocycles. The molecule has 0 aliphatic heterocycles. The number of carbonyl (C=O) groups is 4. The Balaban J connectivity index is 1.58. The third-order valence-electron chi connectivity index (χ3n) is 5.80. The first-order valence-corrected chi connectivity index (χ1v) is 11.8. The van der Waals surface area contributed by atoms with E-state index in [9.17, 15) is 19.2 Å². The highest BCUT2D eigenvalue weighted by atomic mass is 16.4. The highest BCUT2D eigenvalue weighted by Crippen LogP contribution is 2.19. The molecule has 0 radical (unpaired) electrons. The van der Waals surface area contributed by atoms with Crippen molar-refractivity contribution >= 4 is 23.6 Å². The van der Waals surface area contributed by atoms with Crippen molar-refractivity contribution in [1.29, 1.82) is 0 Å². The zero-order chi connectivity index (χ0) is 25.9. The highest BCUT2D eigenvalue weighted by molar-refractivity contribution is 5.91. The molecule has 36 heavy (non-hydrogen) atoms. The van der Waals surface area contributed by atoms with Crippen LogP contribution in [0.15, 0.2) is 78.9 Å². The van der Waals surface area contributed by atoms with Crippen molar-refractivity contribution in [1.82, 2.24) is 5.32 Å². The first-order valence-electron chi connectivity index (χ1n) is 11.8. The number of carboxylic acids is 2. The second-order valence-electron chi connectivity index (χ2n) is 8.65. The Morgan fingerprint density at radius 2 is 1.31 bits per heavy atom. The van der Waals surface area contributed by atoms with Gasteiger partial charge >= 0.3 is 11.9 Å². The quantitative estimate of drug-likeness (QED) is 0.334. The van der Waals surface area contributed by atoms with Crippen LogP contribution in [0.5, 0.6) is 0 Å². The third-order valence-corrected chi connectivity index (χ3v) is 5.80. The Kier molecular flexibility index (Phi) is 9.51. The molecule has 7 heteroatoms. The summed E-state index contributed by atoms with van der Waals surface area (Å²) in [5.41, 5.74) is 4.35. The summed E-state index contributed by atoms with van der Waals surface area (Å²) in [6, 6.07) is 23.6. The standard InChI is InChI=1S/C29H29NO6/c31-26(18-21-5-4-6-22(17-21)19-29(35)36)25(14-16-28(33)34)30-27(32)15-11-20-9-12-24(13-10-20)23-7-2-1-3-8-23/h1-10,12-13,17,25H,11,14-16,18-19H2,(H,30,32)(H,33,34)(H,35,36)/t25-/m0/s1. The minimum absolute atomic E-state index is 0.0134. The molecule has 3 aromatic rings. The Morgan fingerprint density at radius 1 is 0.667 bits per heavy atom. The number of carbonyl (C=O) groups excluding carboxylic acids is 2. The van der Waals surface area contributed by atoms with Crippen LogP contribution in [-0.4, -0.2) is 39.9 Å². The topological polar surface area (TPSA) is 121 Å². The fraction of sp³-hybridized carbons (Fsp3) is 0.241. The lowest BCUT2D eigenvalue weighted by atomic mass is 9.98. The van der Waals surface area contributed by atoms with Crippen LogP contribution >= 0.6 is 0 Å². The zero-order valence-corrected chi connectivity index (χ0v) is 19.9. The fourth-order valence-corrected chi connectivity index (χ4v) is 3.95. The second-order valence-corrected chi connectivity index (χ2v) is 8.65. The number of carboxylic acid groups (broad SMARTS) is 2. The van der Waals surface area contributed by atoms with Gasteiger partial charge in [0.05, 0.1) is 12.5 Å². The summed E-state index contributed by atoms with van der Waals surface area (Å²) in [7, 11) is 0. The maximum absolute atomic E-state index is 12.9. The number of benzene rings is 3. The minimum atomic E-state index is -1.05. The van der Waals surface area contributed by atoms with E-state index >= 15 is 0 Å². The second kappa shape index (κ2) is 13.0. The summed E-state index contributed by atoms with van der Waals surface area (Å²) < 4.78 is 0. The smallest absolute Gasteiger partial charge is 0.307 e. The van der Waals surface area contributed by atoms with Crippen LogP contribution in [0.4, 0.5) is 0 Å². The van der Waals surface area contributed by atoms with E-state index in [2.05, 4.69) is 5.32 Å². The van der Waals surface area contributed by atoms with Crippen LogP contribution in [0.25, 0.3) is 11.1 Å². The molecule has 0 aromatic heterocycles. The monoisotopic (exact) mass is 487 g/mol. The van der Waals surface area contributed by atoms with Gasteiger partial charge in [-0.15, -0.1) is 0 Å². The van der Waals surface area contributed by atoms with Crippen molar-refractivity contribution in [3.8, 4) is 11.1 Å². The van der Waals surface area contributed by atoms with Gasteiger partial charge in [-0.05, 0) is 40.7 Å². The predicted octanol–water partition coefficient (Wildman–Crippen LogP) is 4.07. The van der Waals surface area contributed by atoms with E-state index in [0.29, 0.717) is 17.5 Å². The van der Waals surface area contributed by atoms with Crippen LogP contribution in [0.2, 0.25) is 0 Å². The normalized spacial score (nSPS) is 11.4. The average Bonchev–Trinajstić information content (AvgIpc) is 2.86. The van der Waals surface area contributed by atoms with Gasteiger partial charge in [-0.2, -0.15) is 0 Å². The molecule has 3 N–H and O–H groups in total. The van der Waals surface area contributed by atoms with Gasteiger partial charge < -0.3 is 15.5 Å². The van der Waals surface area contributed by atoms with Gasteiger partial charge in [-0.1, -0.05) is 78.9 Å². The number of ketones is 1. The van der Waals surface area contributed by atoms with Crippen molar-refractivity contribution in [2.75, 3.05) is 0 Å². The lowest BCUT2D eigenvalue weighted by Gasteiger charge is -2.17. The van der Waals surface area contributed by atoms with Gasteiger partial charge in [-0.3, -0.25) is 19.2 Å². The molecule has 0 bridgehead atoms. The number of aliphatic carboxylic acids is 2. The van der Waals surface area contributed by atoms with Crippen molar-refractivity contribution < 1.29 is 29.4 Å². The van der Waals surface area contributed by atoms with E-state index in [0.717, 1.165) is 16.7 Å². The van der Waals surface area contributed by atoms with E-state index in [-0.39, 0.29) is 43.8 Å². The summed E-state index contributed by atoms with van der Waals surface area (Å²) in [6.07, 6.45) is 0.192. The number of rotatable bonds is 13. The number of Topliss-reactive ketones (excluding diaryl/α,β-unsaturated/α-hetero) is 1. The average molecular weight is 488 g/mol. The lowest BCUT2D eigenvalue weighted by Crippen LogP contribution is -2.42. The summed E-state index contributed by atoms with van der Waals surface area (Å²) >= 11 is 0. The largest absolute Gasteiger partial charge is 0.481 e. The molecule has 0 saturated heterocycles. The summed E-state index contributed by atoms with van der Waals surface area (Å²) in [5.74, 6) is -2.67. The molecule has 0 spiro atoms. The molecule has 0 unspecified atom stereocenters. The predicted molar refractivity (Wildman–Crippen MR) is 135 cm³/mol. The van der Waals surface area contributed by atoms with Gasteiger partial charge in [0.2, 0.25) is 5.91 Å². The molecule has 7 nitrogen and oxygen atoms in total. The van der Waals surface area contributed by atoms with E-state index in [4.69, 9.17) is 10.2 Å². The van der Waals surface area contributed by atoms with Gasteiger partial charge in [0.15, 0.2) is 5.78 Å². The number of hydrogen-bond donors (Lipinski definition) is 3. The highest BCUT2D eigenvalue weighted by Gasteiger charge is 2.22. The molecule has 3 rings (SSSR count). The molecule has 0 aliphatic rings. The van der Waals surface area contributed by atoms with Crippen molar-refractivity contribution in [3.63, 3.8) is 0 Å². The molecule has 0 heterocycles.